The molecule has 1 heterocycles. The van der Waals surface area contributed by atoms with E-state index in [9.17, 15) is 8.78 Å². The molecule has 2 unspecified atom stereocenters. The molecule has 1 saturated heterocycles. The van der Waals surface area contributed by atoms with Gasteiger partial charge in [-0.05, 0) is 59.4 Å². The third-order valence-electron chi connectivity index (χ3n) is 4.15. The van der Waals surface area contributed by atoms with E-state index in [1.807, 2.05) is 27.7 Å². The third-order valence-corrected chi connectivity index (χ3v) is 4.15. The minimum atomic E-state index is -0.419. The Labute approximate surface area is 119 Å². The van der Waals surface area contributed by atoms with Crippen molar-refractivity contribution in [2.45, 2.75) is 51.4 Å². The van der Waals surface area contributed by atoms with Gasteiger partial charge in [0.15, 0.2) is 0 Å². The van der Waals surface area contributed by atoms with Crippen LogP contribution < -0.4 is 5.32 Å². The van der Waals surface area contributed by atoms with Gasteiger partial charge in [-0.15, -0.1) is 0 Å². The molecule has 0 radical (unpaired) electrons. The van der Waals surface area contributed by atoms with E-state index in [1.165, 1.54) is 12.1 Å². The molecule has 2 atom stereocenters. The highest BCUT2D eigenvalue weighted by atomic mass is 19.1. The van der Waals surface area contributed by atoms with Crippen molar-refractivity contribution in [3.8, 4) is 0 Å². The molecule has 1 aromatic carbocycles. The number of benzene rings is 1. The first-order valence-corrected chi connectivity index (χ1v) is 6.99. The van der Waals surface area contributed by atoms with E-state index in [4.69, 9.17) is 4.74 Å². The van der Waals surface area contributed by atoms with Crippen LogP contribution in [0.25, 0.3) is 0 Å². The van der Waals surface area contributed by atoms with E-state index in [-0.39, 0.29) is 23.4 Å². The van der Waals surface area contributed by atoms with Crippen LogP contribution in [0.2, 0.25) is 0 Å². The van der Waals surface area contributed by atoms with Gasteiger partial charge in [-0.2, -0.15) is 0 Å². The van der Waals surface area contributed by atoms with Crippen molar-refractivity contribution in [2.75, 3.05) is 7.05 Å². The van der Waals surface area contributed by atoms with Crippen molar-refractivity contribution in [3.05, 3.63) is 35.4 Å². The van der Waals surface area contributed by atoms with Gasteiger partial charge in [0.1, 0.15) is 11.6 Å². The van der Waals surface area contributed by atoms with Crippen LogP contribution in [0.15, 0.2) is 18.2 Å². The molecule has 1 aromatic rings. The average molecular weight is 283 g/mol. The molecule has 0 aliphatic carbocycles. The predicted molar refractivity (Wildman–Crippen MR) is 75.5 cm³/mol. The molecule has 0 saturated carbocycles. The van der Waals surface area contributed by atoms with Crippen LogP contribution in [-0.4, -0.2) is 18.2 Å². The fraction of sp³-hybridized carbons (Fsp3) is 0.625. The zero-order valence-corrected chi connectivity index (χ0v) is 12.8. The van der Waals surface area contributed by atoms with Crippen molar-refractivity contribution in [3.63, 3.8) is 0 Å². The molecule has 2 rings (SSSR count). The quantitative estimate of drug-likeness (QED) is 0.910. The zero-order chi connectivity index (χ0) is 15.1. The van der Waals surface area contributed by atoms with Gasteiger partial charge in [-0.25, -0.2) is 8.78 Å². The summed E-state index contributed by atoms with van der Waals surface area (Å²) in [6.45, 7) is 8.08. The normalized spacial score (nSPS) is 25.6. The molecule has 20 heavy (non-hydrogen) atoms. The maximum atomic E-state index is 14.1. The molecule has 2 nitrogen and oxygen atoms in total. The van der Waals surface area contributed by atoms with E-state index < -0.39 is 11.4 Å². The molecule has 0 aromatic heterocycles. The summed E-state index contributed by atoms with van der Waals surface area (Å²) in [5.74, 6) is -0.734. The van der Waals surface area contributed by atoms with Crippen LogP contribution in [0.3, 0.4) is 0 Å². The smallest absolute Gasteiger partial charge is 0.128 e. The molecular weight excluding hydrogens is 260 g/mol. The van der Waals surface area contributed by atoms with Crippen LogP contribution >= 0.6 is 0 Å². The summed E-state index contributed by atoms with van der Waals surface area (Å²) >= 11 is 0. The van der Waals surface area contributed by atoms with E-state index in [2.05, 4.69) is 5.32 Å². The highest BCUT2D eigenvalue weighted by Crippen LogP contribution is 2.47. The summed E-state index contributed by atoms with van der Waals surface area (Å²) in [6.07, 6.45) is 0.793. The Kier molecular flexibility index (Phi) is 3.91. The highest BCUT2D eigenvalue weighted by Gasteiger charge is 2.49. The minimum Gasteiger partial charge on any atom is -0.369 e. The molecule has 0 spiro atoms. The van der Waals surface area contributed by atoms with Crippen LogP contribution in [0.5, 0.6) is 0 Å². The second kappa shape index (κ2) is 5.08. The number of hydrogen-bond acceptors (Lipinski definition) is 2. The number of hydrogen-bond donors (Lipinski definition) is 1. The first kappa shape index (κ1) is 15.4. The first-order valence-electron chi connectivity index (χ1n) is 6.99. The lowest BCUT2D eigenvalue weighted by Gasteiger charge is -2.33. The fourth-order valence-electron chi connectivity index (χ4n) is 3.45. The van der Waals surface area contributed by atoms with Gasteiger partial charge in [-0.3, -0.25) is 0 Å². The van der Waals surface area contributed by atoms with Gasteiger partial charge < -0.3 is 10.1 Å². The number of rotatable bonds is 3. The Balaban J connectivity index is 2.40. The molecule has 4 heteroatoms. The Bertz CT molecular complexity index is 499. The molecular formula is C16H23F2NO. The Morgan fingerprint density at radius 1 is 1.25 bits per heavy atom. The zero-order valence-electron chi connectivity index (χ0n) is 12.8. The average Bonchev–Trinajstić information content (AvgIpc) is 2.53. The van der Waals surface area contributed by atoms with Gasteiger partial charge in [0.2, 0.25) is 0 Å². The fourth-order valence-corrected chi connectivity index (χ4v) is 3.45. The maximum absolute atomic E-state index is 14.1. The van der Waals surface area contributed by atoms with Crippen molar-refractivity contribution < 1.29 is 13.5 Å². The van der Waals surface area contributed by atoms with E-state index in [0.717, 1.165) is 12.5 Å². The molecule has 0 amide bonds. The van der Waals surface area contributed by atoms with Gasteiger partial charge in [0.05, 0.1) is 11.2 Å². The molecule has 1 N–H and O–H groups in total. The first-order chi connectivity index (χ1) is 9.16. The number of ether oxygens (including phenoxy) is 1. The van der Waals surface area contributed by atoms with Crippen molar-refractivity contribution in [2.24, 2.45) is 5.92 Å². The van der Waals surface area contributed by atoms with Gasteiger partial charge in [0, 0.05) is 17.5 Å². The maximum Gasteiger partial charge on any atom is 0.128 e. The largest absolute Gasteiger partial charge is 0.369 e. The Morgan fingerprint density at radius 3 is 2.40 bits per heavy atom. The van der Waals surface area contributed by atoms with E-state index >= 15 is 0 Å². The molecule has 0 bridgehead atoms. The van der Waals surface area contributed by atoms with Crippen LogP contribution in [0.4, 0.5) is 8.78 Å². The molecule has 1 aliphatic rings. The Morgan fingerprint density at radius 2 is 1.90 bits per heavy atom. The lowest BCUT2D eigenvalue weighted by atomic mass is 9.79. The molecule has 112 valence electrons. The van der Waals surface area contributed by atoms with Gasteiger partial charge in [0.25, 0.3) is 0 Å². The summed E-state index contributed by atoms with van der Waals surface area (Å²) in [5, 5.41) is 3.14. The summed E-state index contributed by atoms with van der Waals surface area (Å²) in [4.78, 5) is 0. The topological polar surface area (TPSA) is 21.3 Å². The molecule has 1 fully saturated rings. The lowest BCUT2D eigenvalue weighted by molar-refractivity contribution is -0.0777. The monoisotopic (exact) mass is 283 g/mol. The lowest BCUT2D eigenvalue weighted by Crippen LogP contribution is -2.37. The SMILES string of the molecule is CNC(c1cc(F)ccc1F)C1CC(C)(C)OC1(C)C. The van der Waals surface area contributed by atoms with Crippen molar-refractivity contribution in [1.29, 1.82) is 0 Å². The standard InChI is InChI=1S/C16H23F2NO/c1-15(2)9-12(16(3,4)20-15)14(19-5)11-8-10(17)6-7-13(11)18/h6-8,12,14,19H,9H2,1-5H3. The molecule has 1 aliphatic heterocycles. The highest BCUT2D eigenvalue weighted by molar-refractivity contribution is 5.24. The van der Waals surface area contributed by atoms with E-state index in [0.29, 0.717) is 5.56 Å². The van der Waals surface area contributed by atoms with Gasteiger partial charge in [-0.1, -0.05) is 0 Å². The summed E-state index contributed by atoms with van der Waals surface area (Å²) in [5.41, 5.74) is -0.282. The van der Waals surface area contributed by atoms with Crippen molar-refractivity contribution >= 4 is 0 Å². The Hall–Kier alpha value is -1.00. The number of halogens is 2. The second-order valence-corrected chi connectivity index (χ2v) is 6.71. The minimum absolute atomic E-state index is 0.0683. The third kappa shape index (κ3) is 2.86. The van der Waals surface area contributed by atoms with E-state index in [1.54, 1.807) is 7.05 Å². The summed E-state index contributed by atoms with van der Waals surface area (Å²) < 4.78 is 33.6. The predicted octanol–water partition coefficient (Wildman–Crippen LogP) is 3.82. The summed E-state index contributed by atoms with van der Waals surface area (Å²) in [6, 6.07) is 3.33. The van der Waals surface area contributed by atoms with Gasteiger partial charge >= 0.3 is 0 Å². The number of nitrogens with one attached hydrogen (secondary N) is 1. The van der Waals surface area contributed by atoms with Crippen molar-refractivity contribution in [1.82, 2.24) is 5.32 Å². The van der Waals surface area contributed by atoms with Crippen LogP contribution in [-0.2, 0) is 4.74 Å². The van der Waals surface area contributed by atoms with Crippen LogP contribution in [0, 0.1) is 17.6 Å². The summed E-state index contributed by atoms with van der Waals surface area (Å²) in [7, 11) is 1.77. The second-order valence-electron chi connectivity index (χ2n) is 6.71. The van der Waals surface area contributed by atoms with Crippen LogP contribution in [0.1, 0.15) is 45.7 Å².